The predicted molar refractivity (Wildman–Crippen MR) is 78.4 cm³/mol. The first-order valence-corrected chi connectivity index (χ1v) is 7.36. The minimum Gasteiger partial charge on any atom is -0.341 e. The van der Waals surface area contributed by atoms with Crippen LogP contribution in [0, 0.1) is 0 Å². The lowest BCUT2D eigenvalue weighted by atomic mass is 10.2. The van der Waals surface area contributed by atoms with E-state index >= 15 is 0 Å². The van der Waals surface area contributed by atoms with E-state index in [0.717, 1.165) is 16.3 Å². The van der Waals surface area contributed by atoms with E-state index in [-0.39, 0.29) is 5.91 Å². The molecule has 2 heterocycles. The second kappa shape index (κ2) is 6.56. The largest absolute Gasteiger partial charge is 0.341 e. The number of amides is 1. The SMILES string of the molecule is CC(C)c1ncc(CN(C)C(=O)Cc2cncs2)cn1. The normalized spacial score (nSPS) is 10.8. The van der Waals surface area contributed by atoms with Crippen LogP contribution in [0.25, 0.3) is 0 Å². The molecule has 5 nitrogen and oxygen atoms in total. The summed E-state index contributed by atoms with van der Waals surface area (Å²) in [4.78, 5) is 27.3. The van der Waals surface area contributed by atoms with Crippen LogP contribution < -0.4 is 0 Å². The van der Waals surface area contributed by atoms with Gasteiger partial charge in [-0.2, -0.15) is 0 Å². The van der Waals surface area contributed by atoms with Crippen LogP contribution in [0.4, 0.5) is 0 Å². The van der Waals surface area contributed by atoms with Gasteiger partial charge in [-0.1, -0.05) is 13.8 Å². The van der Waals surface area contributed by atoms with Crippen molar-refractivity contribution in [3.63, 3.8) is 0 Å². The van der Waals surface area contributed by atoms with E-state index < -0.39 is 0 Å². The van der Waals surface area contributed by atoms with Crippen molar-refractivity contribution in [1.82, 2.24) is 19.9 Å². The first-order chi connectivity index (χ1) is 9.56. The summed E-state index contributed by atoms with van der Waals surface area (Å²) in [7, 11) is 1.79. The molecule has 0 aromatic carbocycles. The molecule has 0 saturated heterocycles. The highest BCUT2D eigenvalue weighted by Crippen LogP contribution is 2.11. The zero-order valence-electron chi connectivity index (χ0n) is 11.9. The van der Waals surface area contributed by atoms with Crippen molar-refractivity contribution in [3.05, 3.63) is 40.4 Å². The fourth-order valence-electron chi connectivity index (χ4n) is 1.72. The third-order valence-corrected chi connectivity index (χ3v) is 3.68. The van der Waals surface area contributed by atoms with Crippen molar-refractivity contribution in [2.24, 2.45) is 0 Å². The number of rotatable bonds is 5. The van der Waals surface area contributed by atoms with Crippen molar-refractivity contribution in [2.45, 2.75) is 32.7 Å². The molecule has 2 rings (SSSR count). The van der Waals surface area contributed by atoms with E-state index in [0.29, 0.717) is 18.9 Å². The highest BCUT2D eigenvalue weighted by atomic mass is 32.1. The Hall–Kier alpha value is -1.82. The Balaban J connectivity index is 1.93. The van der Waals surface area contributed by atoms with Crippen molar-refractivity contribution in [2.75, 3.05) is 7.05 Å². The Kier molecular flexibility index (Phi) is 4.79. The lowest BCUT2D eigenvalue weighted by molar-refractivity contribution is -0.129. The van der Waals surface area contributed by atoms with Crippen LogP contribution in [0.15, 0.2) is 24.1 Å². The second-order valence-electron chi connectivity index (χ2n) is 5.00. The second-order valence-corrected chi connectivity index (χ2v) is 5.97. The van der Waals surface area contributed by atoms with Crippen LogP contribution in [0.3, 0.4) is 0 Å². The van der Waals surface area contributed by atoms with E-state index in [1.165, 1.54) is 11.3 Å². The number of carbonyl (C=O) groups excluding carboxylic acids is 1. The molecule has 0 N–H and O–H groups in total. The van der Waals surface area contributed by atoms with Crippen LogP contribution in [0.2, 0.25) is 0 Å². The average molecular weight is 290 g/mol. The number of hydrogen-bond donors (Lipinski definition) is 0. The minimum atomic E-state index is 0.0715. The molecule has 0 spiro atoms. The zero-order valence-corrected chi connectivity index (χ0v) is 12.7. The number of likely N-dealkylation sites (N-methyl/N-ethyl adjacent to an activating group) is 1. The summed E-state index contributed by atoms with van der Waals surface area (Å²) in [6.07, 6.45) is 5.71. The molecule has 20 heavy (non-hydrogen) atoms. The highest BCUT2D eigenvalue weighted by molar-refractivity contribution is 7.09. The fourth-order valence-corrected chi connectivity index (χ4v) is 2.31. The summed E-state index contributed by atoms with van der Waals surface area (Å²) < 4.78 is 0. The zero-order chi connectivity index (χ0) is 14.5. The molecule has 6 heteroatoms. The number of thiazole rings is 1. The maximum absolute atomic E-state index is 12.1. The van der Waals surface area contributed by atoms with Crippen LogP contribution in [0.5, 0.6) is 0 Å². The molecule has 0 unspecified atom stereocenters. The number of nitrogens with zero attached hydrogens (tertiary/aromatic N) is 4. The summed E-state index contributed by atoms with van der Waals surface area (Å²) in [6.45, 7) is 4.63. The van der Waals surface area contributed by atoms with Gasteiger partial charge in [0.1, 0.15) is 5.82 Å². The molecule has 0 bridgehead atoms. The van der Waals surface area contributed by atoms with Gasteiger partial charge in [0.2, 0.25) is 5.91 Å². The van der Waals surface area contributed by atoms with Gasteiger partial charge >= 0.3 is 0 Å². The lowest BCUT2D eigenvalue weighted by Gasteiger charge is -2.16. The molecule has 2 aromatic rings. The van der Waals surface area contributed by atoms with E-state index in [9.17, 15) is 4.79 Å². The Morgan fingerprint density at radius 2 is 2.00 bits per heavy atom. The average Bonchev–Trinajstić information content (AvgIpc) is 2.92. The van der Waals surface area contributed by atoms with E-state index in [1.54, 1.807) is 36.0 Å². The molecule has 106 valence electrons. The van der Waals surface area contributed by atoms with Gasteiger partial charge in [0.15, 0.2) is 0 Å². The monoisotopic (exact) mass is 290 g/mol. The Bertz CT molecular complexity index is 551. The van der Waals surface area contributed by atoms with Gasteiger partial charge in [-0.3, -0.25) is 9.78 Å². The van der Waals surface area contributed by atoms with Gasteiger partial charge in [0, 0.05) is 48.5 Å². The molecule has 2 aromatic heterocycles. The van der Waals surface area contributed by atoms with Crippen LogP contribution >= 0.6 is 11.3 Å². The topological polar surface area (TPSA) is 59.0 Å². The van der Waals surface area contributed by atoms with Gasteiger partial charge < -0.3 is 4.90 Å². The van der Waals surface area contributed by atoms with Gasteiger partial charge in [-0.25, -0.2) is 9.97 Å². The fraction of sp³-hybridized carbons (Fsp3) is 0.429. The maximum Gasteiger partial charge on any atom is 0.227 e. The van der Waals surface area contributed by atoms with Gasteiger partial charge in [0.05, 0.1) is 11.9 Å². The summed E-state index contributed by atoms with van der Waals surface area (Å²) in [5, 5.41) is 0. The van der Waals surface area contributed by atoms with Crippen LogP contribution in [-0.4, -0.2) is 32.8 Å². The molecule has 0 aliphatic carbocycles. The van der Waals surface area contributed by atoms with Gasteiger partial charge in [0.25, 0.3) is 0 Å². The predicted octanol–water partition coefficient (Wildman–Crippen LogP) is 2.26. The number of aromatic nitrogens is 3. The molecule has 0 saturated carbocycles. The Morgan fingerprint density at radius 3 is 2.55 bits per heavy atom. The molecule has 1 amide bonds. The van der Waals surface area contributed by atoms with Crippen molar-refractivity contribution >= 4 is 17.2 Å². The smallest absolute Gasteiger partial charge is 0.227 e. The lowest BCUT2D eigenvalue weighted by Crippen LogP contribution is -2.27. The third kappa shape index (κ3) is 3.84. The molecule has 0 aliphatic heterocycles. The minimum absolute atomic E-state index is 0.0715. The first-order valence-electron chi connectivity index (χ1n) is 6.48. The summed E-state index contributed by atoms with van der Waals surface area (Å²) in [6, 6.07) is 0. The van der Waals surface area contributed by atoms with Crippen molar-refractivity contribution < 1.29 is 4.79 Å². The van der Waals surface area contributed by atoms with E-state index in [4.69, 9.17) is 0 Å². The first kappa shape index (κ1) is 14.6. The molecule has 0 fully saturated rings. The van der Waals surface area contributed by atoms with Crippen LogP contribution in [0.1, 0.15) is 36.0 Å². The quantitative estimate of drug-likeness (QED) is 0.847. The summed E-state index contributed by atoms with van der Waals surface area (Å²) in [5.74, 6) is 1.21. The van der Waals surface area contributed by atoms with Crippen molar-refractivity contribution in [1.29, 1.82) is 0 Å². The molecule has 0 atom stereocenters. The van der Waals surface area contributed by atoms with Crippen molar-refractivity contribution in [3.8, 4) is 0 Å². The van der Waals surface area contributed by atoms with Gasteiger partial charge in [-0.15, -0.1) is 11.3 Å². The number of carbonyl (C=O) groups is 1. The Labute approximate surface area is 122 Å². The number of hydrogen-bond acceptors (Lipinski definition) is 5. The maximum atomic E-state index is 12.1. The molecular weight excluding hydrogens is 272 g/mol. The molecular formula is C14H18N4OS. The summed E-state index contributed by atoms with van der Waals surface area (Å²) in [5.41, 5.74) is 2.68. The Morgan fingerprint density at radius 1 is 1.30 bits per heavy atom. The van der Waals surface area contributed by atoms with E-state index in [1.807, 2.05) is 0 Å². The summed E-state index contributed by atoms with van der Waals surface area (Å²) >= 11 is 1.50. The highest BCUT2D eigenvalue weighted by Gasteiger charge is 2.12. The van der Waals surface area contributed by atoms with Crippen LogP contribution in [-0.2, 0) is 17.8 Å². The third-order valence-electron chi connectivity index (χ3n) is 2.90. The molecule has 0 aliphatic rings. The molecule has 0 radical (unpaired) electrons. The standard InChI is InChI=1S/C14H18N4OS/c1-10(2)14-16-5-11(6-17-14)8-18(3)13(19)4-12-7-15-9-20-12/h5-7,9-10H,4,8H2,1-3H3. The van der Waals surface area contributed by atoms with E-state index in [2.05, 4.69) is 28.8 Å². The van der Waals surface area contributed by atoms with Gasteiger partial charge in [-0.05, 0) is 0 Å².